The molecule has 3 aromatic rings. The van der Waals surface area contributed by atoms with Crippen molar-refractivity contribution in [3.05, 3.63) is 71.4 Å². The number of fused-ring (bicyclic) bond motifs is 3. The molecular weight excluding hydrogens is 448 g/mol. The summed E-state index contributed by atoms with van der Waals surface area (Å²) in [5.74, 6) is -1.47. The number of carboxylic acids is 1. The summed E-state index contributed by atoms with van der Waals surface area (Å²) >= 11 is 0. The number of aromatic nitrogens is 2. The highest BCUT2D eigenvalue weighted by atomic mass is 16.5. The van der Waals surface area contributed by atoms with Gasteiger partial charge in [0.1, 0.15) is 18.0 Å². The minimum atomic E-state index is -1.18. The van der Waals surface area contributed by atoms with Crippen LogP contribution in [0, 0.1) is 5.41 Å². The van der Waals surface area contributed by atoms with Crippen molar-refractivity contribution >= 4 is 23.8 Å². The summed E-state index contributed by atoms with van der Waals surface area (Å²) in [5.41, 5.74) is 3.61. The minimum Gasteiger partial charge on any atom is -0.477 e. The van der Waals surface area contributed by atoms with Crippen LogP contribution in [0.5, 0.6) is 0 Å². The smallest absolute Gasteiger partial charge is 0.407 e. The van der Waals surface area contributed by atoms with Crippen molar-refractivity contribution in [2.75, 3.05) is 18.5 Å². The van der Waals surface area contributed by atoms with Gasteiger partial charge >= 0.3 is 12.1 Å². The van der Waals surface area contributed by atoms with Crippen LogP contribution in [0.15, 0.2) is 54.7 Å². The lowest BCUT2D eigenvalue weighted by molar-refractivity contribution is -0.124. The second-order valence-electron chi connectivity index (χ2n) is 9.18. The Hall–Kier alpha value is -4.14. The molecular formula is C26H28N4O5. The van der Waals surface area contributed by atoms with Gasteiger partial charge in [-0.3, -0.25) is 9.48 Å². The van der Waals surface area contributed by atoms with Gasteiger partial charge in [-0.25, -0.2) is 9.59 Å². The third-order valence-corrected chi connectivity index (χ3v) is 6.38. The monoisotopic (exact) mass is 476 g/mol. The molecule has 1 aromatic heterocycles. The lowest BCUT2D eigenvalue weighted by atomic mass is 9.88. The van der Waals surface area contributed by atoms with Crippen molar-refractivity contribution in [3.63, 3.8) is 0 Å². The van der Waals surface area contributed by atoms with Gasteiger partial charge in [0.15, 0.2) is 0 Å². The Labute approximate surface area is 203 Å². The maximum Gasteiger partial charge on any atom is 0.407 e. The average molecular weight is 477 g/mol. The Balaban J connectivity index is 1.30. The van der Waals surface area contributed by atoms with E-state index in [9.17, 15) is 19.5 Å². The second-order valence-corrected chi connectivity index (χ2v) is 9.18. The lowest BCUT2D eigenvalue weighted by Crippen LogP contribution is -2.36. The number of rotatable bonds is 8. The summed E-state index contributed by atoms with van der Waals surface area (Å²) in [7, 11) is 1.55. The van der Waals surface area contributed by atoms with Gasteiger partial charge in [0.2, 0.25) is 5.91 Å². The van der Waals surface area contributed by atoms with Crippen LogP contribution in [0.25, 0.3) is 11.1 Å². The van der Waals surface area contributed by atoms with E-state index >= 15 is 0 Å². The van der Waals surface area contributed by atoms with Crippen LogP contribution in [0.2, 0.25) is 0 Å². The number of aromatic carboxylic acids is 1. The number of amides is 2. The molecule has 1 aliphatic rings. The molecule has 0 saturated heterocycles. The van der Waals surface area contributed by atoms with E-state index in [1.54, 1.807) is 20.9 Å². The number of nitrogens with zero attached hydrogens (tertiary/aromatic N) is 2. The second kappa shape index (κ2) is 9.61. The zero-order valence-corrected chi connectivity index (χ0v) is 19.9. The summed E-state index contributed by atoms with van der Waals surface area (Å²) in [6.45, 7) is 3.87. The number of alkyl carbamates (subject to hydrolysis) is 1. The van der Waals surface area contributed by atoms with Crippen LogP contribution in [0.3, 0.4) is 0 Å². The number of hydrogen-bond donors (Lipinski definition) is 3. The molecule has 0 aliphatic heterocycles. The van der Waals surface area contributed by atoms with Crippen LogP contribution in [0.1, 0.15) is 47.7 Å². The number of anilines is 1. The molecule has 4 rings (SSSR count). The number of carboxylic acid groups (broad SMARTS) is 1. The van der Waals surface area contributed by atoms with E-state index in [0.29, 0.717) is 6.42 Å². The Morgan fingerprint density at radius 1 is 1.06 bits per heavy atom. The zero-order valence-electron chi connectivity index (χ0n) is 19.9. The predicted molar refractivity (Wildman–Crippen MR) is 130 cm³/mol. The van der Waals surface area contributed by atoms with Crippen molar-refractivity contribution in [2.45, 2.75) is 26.2 Å². The van der Waals surface area contributed by atoms with Crippen LogP contribution in [-0.4, -0.2) is 46.0 Å². The summed E-state index contributed by atoms with van der Waals surface area (Å²) in [6, 6.07) is 16.2. The minimum absolute atomic E-state index is 0.0299. The Bertz CT molecular complexity index is 1230. The highest BCUT2D eigenvalue weighted by Gasteiger charge is 2.31. The Morgan fingerprint density at radius 3 is 2.26 bits per heavy atom. The molecule has 3 N–H and O–H groups in total. The Kier molecular flexibility index (Phi) is 6.59. The van der Waals surface area contributed by atoms with Crippen molar-refractivity contribution in [3.8, 4) is 11.1 Å². The topological polar surface area (TPSA) is 123 Å². The van der Waals surface area contributed by atoms with E-state index < -0.39 is 17.5 Å². The molecule has 9 heteroatoms. The highest BCUT2D eigenvalue weighted by molar-refractivity contribution is 6.01. The number of aryl methyl sites for hydroxylation is 1. The van der Waals surface area contributed by atoms with Gasteiger partial charge in [-0.2, -0.15) is 5.10 Å². The summed E-state index contributed by atoms with van der Waals surface area (Å²) in [4.78, 5) is 36.5. The molecule has 0 bridgehead atoms. The molecule has 0 radical (unpaired) electrons. The fraction of sp³-hybridized carbons (Fsp3) is 0.308. The van der Waals surface area contributed by atoms with Crippen molar-refractivity contribution in [1.82, 2.24) is 15.1 Å². The normalized spacial score (nSPS) is 12.5. The predicted octanol–water partition coefficient (Wildman–Crippen LogP) is 4.01. The van der Waals surface area contributed by atoms with E-state index in [0.717, 1.165) is 22.3 Å². The first-order chi connectivity index (χ1) is 16.7. The largest absolute Gasteiger partial charge is 0.477 e. The fourth-order valence-electron chi connectivity index (χ4n) is 4.26. The van der Waals surface area contributed by atoms with Crippen LogP contribution < -0.4 is 10.6 Å². The van der Waals surface area contributed by atoms with E-state index in [1.165, 1.54) is 10.9 Å². The van der Waals surface area contributed by atoms with Gasteiger partial charge in [-0.15, -0.1) is 0 Å². The summed E-state index contributed by atoms with van der Waals surface area (Å²) in [5, 5.41) is 18.5. The zero-order chi connectivity index (χ0) is 25.2. The maximum atomic E-state index is 12.8. The first kappa shape index (κ1) is 24.0. The number of ether oxygens (including phenoxy) is 1. The standard InChI is InChI=1S/C26H28N4O5/c1-26(2,24(33)29-22-20(23(31)32)14-28-30(22)3)12-13-27-25(34)35-15-21-18-10-6-4-8-16(18)17-9-5-7-11-19(17)21/h4-11,14,21H,12-13,15H2,1-3H3,(H,27,34)(H,29,33)(H,31,32). The summed E-state index contributed by atoms with van der Waals surface area (Å²) in [6.07, 6.45) is 0.954. The summed E-state index contributed by atoms with van der Waals surface area (Å²) < 4.78 is 6.83. The number of nitrogens with one attached hydrogen (secondary N) is 2. The van der Waals surface area contributed by atoms with Gasteiger partial charge in [-0.1, -0.05) is 62.4 Å². The molecule has 2 aromatic carbocycles. The number of hydrogen-bond acceptors (Lipinski definition) is 5. The number of carbonyl (C=O) groups excluding carboxylic acids is 2. The van der Waals surface area contributed by atoms with Crippen LogP contribution >= 0.6 is 0 Å². The van der Waals surface area contributed by atoms with Gasteiger partial charge in [0.25, 0.3) is 0 Å². The lowest BCUT2D eigenvalue weighted by Gasteiger charge is -2.24. The van der Waals surface area contributed by atoms with Crippen LogP contribution in [-0.2, 0) is 16.6 Å². The molecule has 35 heavy (non-hydrogen) atoms. The third-order valence-electron chi connectivity index (χ3n) is 6.38. The van der Waals surface area contributed by atoms with Gasteiger partial charge < -0.3 is 20.5 Å². The van der Waals surface area contributed by atoms with E-state index in [2.05, 4.69) is 40.0 Å². The SMILES string of the molecule is Cn1ncc(C(=O)O)c1NC(=O)C(C)(C)CCNC(=O)OCC1c2ccccc2-c2ccccc21. The first-order valence-corrected chi connectivity index (χ1v) is 11.3. The van der Waals surface area contributed by atoms with E-state index in [-0.39, 0.29) is 36.4 Å². The van der Waals surface area contributed by atoms with E-state index in [1.807, 2.05) is 24.3 Å². The molecule has 0 spiro atoms. The average Bonchev–Trinajstić information content (AvgIpc) is 3.35. The van der Waals surface area contributed by atoms with Gasteiger partial charge in [-0.05, 0) is 28.7 Å². The third kappa shape index (κ3) is 4.89. The molecule has 2 amide bonds. The molecule has 182 valence electrons. The number of benzene rings is 2. The molecule has 0 saturated carbocycles. The Morgan fingerprint density at radius 2 is 1.66 bits per heavy atom. The fourth-order valence-corrected chi connectivity index (χ4v) is 4.26. The quantitative estimate of drug-likeness (QED) is 0.451. The van der Waals surface area contributed by atoms with Gasteiger partial charge in [0.05, 0.1) is 6.20 Å². The van der Waals surface area contributed by atoms with E-state index in [4.69, 9.17) is 4.74 Å². The molecule has 9 nitrogen and oxygen atoms in total. The van der Waals surface area contributed by atoms with Gasteiger partial charge in [0, 0.05) is 24.9 Å². The highest BCUT2D eigenvalue weighted by Crippen LogP contribution is 2.44. The molecule has 1 aliphatic carbocycles. The maximum absolute atomic E-state index is 12.8. The molecule has 0 fully saturated rings. The molecule has 0 unspecified atom stereocenters. The van der Waals surface area contributed by atoms with Crippen LogP contribution in [0.4, 0.5) is 10.6 Å². The van der Waals surface area contributed by atoms with Crippen molar-refractivity contribution < 1.29 is 24.2 Å². The first-order valence-electron chi connectivity index (χ1n) is 11.3. The van der Waals surface area contributed by atoms with Crippen molar-refractivity contribution in [1.29, 1.82) is 0 Å². The molecule has 1 heterocycles. The van der Waals surface area contributed by atoms with Crippen molar-refractivity contribution in [2.24, 2.45) is 12.5 Å². The number of carbonyl (C=O) groups is 3. The molecule has 0 atom stereocenters.